The average molecular weight is 330 g/mol. The van der Waals surface area contributed by atoms with Crippen molar-refractivity contribution in [1.29, 1.82) is 0 Å². The Morgan fingerprint density at radius 3 is 1.48 bits per heavy atom. The highest BCUT2D eigenvalue weighted by Gasteiger charge is 2.37. The molecule has 136 valence electrons. The number of unbranched alkanes of at least 4 members (excludes halogenated alkanes) is 11. The molecule has 0 aromatic carbocycles. The lowest BCUT2D eigenvalue weighted by Crippen LogP contribution is -2.40. The standard InChI is InChI=1S/C18H34O5/c1-2-3-4-5-6-7-8-9-10-11-12-13-14-18(23,17(21)22)15-16(19)20/h23H,2-15H2,1H3,(H,19,20)(H,21,22). The molecule has 3 N–H and O–H groups in total. The Morgan fingerprint density at radius 2 is 1.13 bits per heavy atom. The highest BCUT2D eigenvalue weighted by molar-refractivity contribution is 5.83. The van der Waals surface area contributed by atoms with E-state index in [9.17, 15) is 14.7 Å². The van der Waals surface area contributed by atoms with Gasteiger partial charge in [0, 0.05) is 0 Å². The first kappa shape index (κ1) is 21.9. The van der Waals surface area contributed by atoms with E-state index in [2.05, 4.69) is 6.92 Å². The number of carbonyl (C=O) groups is 2. The van der Waals surface area contributed by atoms with Gasteiger partial charge in [-0.15, -0.1) is 0 Å². The Balaban J connectivity index is 3.54. The molecule has 0 saturated heterocycles. The number of aliphatic carboxylic acids is 2. The van der Waals surface area contributed by atoms with Crippen LogP contribution < -0.4 is 0 Å². The Hall–Kier alpha value is -1.10. The molecule has 1 atom stereocenters. The van der Waals surface area contributed by atoms with E-state index in [-0.39, 0.29) is 6.42 Å². The molecule has 0 rings (SSSR count). The Kier molecular flexibility index (Phi) is 12.7. The minimum Gasteiger partial charge on any atom is -0.481 e. The van der Waals surface area contributed by atoms with Crippen LogP contribution >= 0.6 is 0 Å². The van der Waals surface area contributed by atoms with Gasteiger partial charge in [-0.25, -0.2) is 4.79 Å². The third-order valence-corrected chi connectivity index (χ3v) is 4.29. The van der Waals surface area contributed by atoms with Gasteiger partial charge in [-0.3, -0.25) is 4.79 Å². The van der Waals surface area contributed by atoms with Crippen molar-refractivity contribution in [3.63, 3.8) is 0 Å². The molecule has 1 unspecified atom stereocenters. The molecule has 0 aliphatic rings. The van der Waals surface area contributed by atoms with Gasteiger partial charge in [0.15, 0.2) is 5.60 Å². The Bertz CT molecular complexity index is 329. The zero-order valence-electron chi connectivity index (χ0n) is 14.6. The fraction of sp³-hybridized carbons (Fsp3) is 0.889. The quantitative estimate of drug-likeness (QED) is 0.365. The Morgan fingerprint density at radius 1 is 0.739 bits per heavy atom. The first-order valence-corrected chi connectivity index (χ1v) is 9.10. The van der Waals surface area contributed by atoms with E-state index in [1.807, 2.05) is 0 Å². The molecule has 0 heterocycles. The zero-order chi connectivity index (χ0) is 17.6. The van der Waals surface area contributed by atoms with Crippen LogP contribution in [0.25, 0.3) is 0 Å². The molecule has 0 amide bonds. The molecule has 5 heteroatoms. The lowest BCUT2D eigenvalue weighted by atomic mass is 9.92. The van der Waals surface area contributed by atoms with Crippen LogP contribution in [0.1, 0.15) is 96.8 Å². The molecule has 5 nitrogen and oxygen atoms in total. The second kappa shape index (κ2) is 13.3. The van der Waals surface area contributed by atoms with Crippen molar-refractivity contribution in [2.75, 3.05) is 0 Å². The van der Waals surface area contributed by atoms with Crippen molar-refractivity contribution in [2.45, 2.75) is 102 Å². The van der Waals surface area contributed by atoms with Gasteiger partial charge in [-0.2, -0.15) is 0 Å². The van der Waals surface area contributed by atoms with Crippen LogP contribution in [0.2, 0.25) is 0 Å². The largest absolute Gasteiger partial charge is 0.481 e. The molecular weight excluding hydrogens is 296 g/mol. The lowest BCUT2D eigenvalue weighted by Gasteiger charge is -2.21. The summed E-state index contributed by atoms with van der Waals surface area (Å²) in [5.74, 6) is -2.73. The minimum atomic E-state index is -2.12. The normalized spacial score (nSPS) is 13.7. The number of hydrogen-bond acceptors (Lipinski definition) is 3. The predicted molar refractivity (Wildman–Crippen MR) is 90.5 cm³/mol. The van der Waals surface area contributed by atoms with E-state index >= 15 is 0 Å². The molecule has 0 fully saturated rings. The molecule has 0 bridgehead atoms. The van der Waals surface area contributed by atoms with Crippen LogP contribution in [-0.2, 0) is 9.59 Å². The topological polar surface area (TPSA) is 94.8 Å². The van der Waals surface area contributed by atoms with Crippen molar-refractivity contribution in [1.82, 2.24) is 0 Å². The van der Waals surface area contributed by atoms with E-state index in [0.29, 0.717) is 6.42 Å². The van der Waals surface area contributed by atoms with E-state index in [4.69, 9.17) is 10.2 Å². The van der Waals surface area contributed by atoms with Crippen molar-refractivity contribution in [3.05, 3.63) is 0 Å². The highest BCUT2D eigenvalue weighted by atomic mass is 16.4. The van der Waals surface area contributed by atoms with Crippen LogP contribution in [0.3, 0.4) is 0 Å². The number of carboxylic acids is 2. The van der Waals surface area contributed by atoms with E-state index < -0.39 is 24.0 Å². The van der Waals surface area contributed by atoms with Crippen LogP contribution in [0, 0.1) is 0 Å². The van der Waals surface area contributed by atoms with Gasteiger partial charge >= 0.3 is 11.9 Å². The van der Waals surface area contributed by atoms with Crippen molar-refractivity contribution in [2.24, 2.45) is 0 Å². The monoisotopic (exact) mass is 330 g/mol. The van der Waals surface area contributed by atoms with Gasteiger partial charge in [-0.1, -0.05) is 77.6 Å². The lowest BCUT2D eigenvalue weighted by molar-refractivity contribution is -0.166. The number of rotatable bonds is 16. The summed E-state index contributed by atoms with van der Waals surface area (Å²) in [6, 6.07) is 0. The first-order chi connectivity index (χ1) is 10.9. The van der Waals surface area contributed by atoms with Gasteiger partial charge in [0.05, 0.1) is 6.42 Å². The van der Waals surface area contributed by atoms with Gasteiger partial charge in [0.1, 0.15) is 0 Å². The van der Waals surface area contributed by atoms with Crippen LogP contribution in [-0.4, -0.2) is 32.9 Å². The Labute approximate surface area is 140 Å². The van der Waals surface area contributed by atoms with Gasteiger partial charge in [0.2, 0.25) is 0 Å². The van der Waals surface area contributed by atoms with Crippen LogP contribution in [0.4, 0.5) is 0 Å². The number of hydrogen-bond donors (Lipinski definition) is 3. The SMILES string of the molecule is CCCCCCCCCCCCCCC(O)(CC(=O)O)C(=O)O. The maximum atomic E-state index is 11.0. The molecule has 23 heavy (non-hydrogen) atoms. The molecular formula is C18H34O5. The summed E-state index contributed by atoms with van der Waals surface area (Å²) in [7, 11) is 0. The summed E-state index contributed by atoms with van der Waals surface area (Å²) in [4.78, 5) is 21.6. The van der Waals surface area contributed by atoms with E-state index in [0.717, 1.165) is 19.3 Å². The predicted octanol–water partition coefficient (Wildman–Crippen LogP) is 4.37. The molecule has 0 aliphatic heterocycles. The molecule has 0 aromatic heterocycles. The summed E-state index contributed by atoms with van der Waals surface area (Å²) in [6.07, 6.45) is 13.2. The number of carboxylic acid groups (broad SMARTS) is 2. The van der Waals surface area contributed by atoms with E-state index in [1.165, 1.54) is 51.4 Å². The molecule has 0 aromatic rings. The summed E-state index contributed by atoms with van der Waals surface area (Å²) < 4.78 is 0. The molecule has 0 radical (unpaired) electrons. The first-order valence-electron chi connectivity index (χ1n) is 9.10. The zero-order valence-corrected chi connectivity index (χ0v) is 14.6. The van der Waals surface area contributed by atoms with Crippen molar-refractivity contribution < 1.29 is 24.9 Å². The molecule has 0 saturated carbocycles. The van der Waals surface area contributed by atoms with Crippen molar-refractivity contribution in [3.8, 4) is 0 Å². The number of aliphatic hydroxyl groups is 1. The van der Waals surface area contributed by atoms with E-state index in [1.54, 1.807) is 0 Å². The average Bonchev–Trinajstić information content (AvgIpc) is 2.47. The van der Waals surface area contributed by atoms with Gasteiger partial charge in [-0.05, 0) is 12.8 Å². The second-order valence-corrected chi connectivity index (χ2v) is 6.55. The summed E-state index contributed by atoms with van der Waals surface area (Å²) in [5, 5.41) is 27.5. The highest BCUT2D eigenvalue weighted by Crippen LogP contribution is 2.21. The third-order valence-electron chi connectivity index (χ3n) is 4.29. The maximum absolute atomic E-state index is 11.0. The molecule has 0 aliphatic carbocycles. The fourth-order valence-electron chi connectivity index (χ4n) is 2.78. The minimum absolute atomic E-state index is 0.00601. The molecule has 0 spiro atoms. The third kappa shape index (κ3) is 12.0. The fourth-order valence-corrected chi connectivity index (χ4v) is 2.78. The van der Waals surface area contributed by atoms with Crippen molar-refractivity contribution >= 4 is 11.9 Å². The van der Waals surface area contributed by atoms with Gasteiger partial charge < -0.3 is 15.3 Å². The smallest absolute Gasteiger partial charge is 0.336 e. The maximum Gasteiger partial charge on any atom is 0.336 e. The second-order valence-electron chi connectivity index (χ2n) is 6.55. The summed E-state index contributed by atoms with van der Waals surface area (Å²) in [5.41, 5.74) is -2.12. The van der Waals surface area contributed by atoms with Crippen LogP contribution in [0.5, 0.6) is 0 Å². The summed E-state index contributed by atoms with van der Waals surface area (Å²) in [6.45, 7) is 2.22. The van der Waals surface area contributed by atoms with Crippen LogP contribution in [0.15, 0.2) is 0 Å². The summed E-state index contributed by atoms with van der Waals surface area (Å²) >= 11 is 0. The van der Waals surface area contributed by atoms with Gasteiger partial charge in [0.25, 0.3) is 0 Å².